The first-order valence-electron chi connectivity index (χ1n) is 5.81. The van der Waals surface area contributed by atoms with Gasteiger partial charge < -0.3 is 5.32 Å². The largest absolute Gasteiger partial charge is 0.317 e. The Kier molecular flexibility index (Phi) is 6.01. The molecule has 0 fully saturated rings. The molecule has 0 atom stereocenters. The zero-order chi connectivity index (χ0) is 11.8. The highest BCUT2D eigenvalue weighted by molar-refractivity contribution is 5.23. The van der Waals surface area contributed by atoms with Crippen molar-refractivity contribution in [2.45, 2.75) is 32.6 Å². The van der Waals surface area contributed by atoms with Gasteiger partial charge in [-0.3, -0.25) is 0 Å². The van der Waals surface area contributed by atoms with E-state index in [1.165, 1.54) is 12.1 Å². The lowest BCUT2D eigenvalue weighted by Gasteiger charge is -2.04. The van der Waals surface area contributed by atoms with Crippen LogP contribution >= 0.6 is 0 Å². The minimum Gasteiger partial charge on any atom is -0.317 e. The third-order valence-corrected chi connectivity index (χ3v) is 2.55. The van der Waals surface area contributed by atoms with Gasteiger partial charge in [0.05, 0.1) is 0 Å². The van der Waals surface area contributed by atoms with Crippen LogP contribution in [0.15, 0.2) is 24.3 Å². The topological polar surface area (TPSA) is 12.0 Å². The summed E-state index contributed by atoms with van der Waals surface area (Å²) in [5.74, 6) is 0. The van der Waals surface area contributed by atoms with Gasteiger partial charge in [0.15, 0.2) is 0 Å². The van der Waals surface area contributed by atoms with Gasteiger partial charge in [-0.25, -0.2) is 8.78 Å². The standard InChI is InChI=1S/C13H19F2N/c1-2-16-10-4-3-5-11-6-8-12(9-7-11)13(14)15/h6-9,13,16H,2-5,10H2,1H3. The molecule has 1 N–H and O–H groups in total. The van der Waals surface area contributed by atoms with Gasteiger partial charge >= 0.3 is 0 Å². The van der Waals surface area contributed by atoms with Crippen molar-refractivity contribution in [3.8, 4) is 0 Å². The molecule has 90 valence electrons. The number of nitrogens with one attached hydrogen (secondary N) is 1. The second-order valence-electron chi connectivity index (χ2n) is 3.85. The molecule has 1 rings (SSSR count). The van der Waals surface area contributed by atoms with Crippen molar-refractivity contribution in [3.05, 3.63) is 35.4 Å². The summed E-state index contributed by atoms with van der Waals surface area (Å²) >= 11 is 0. The Labute approximate surface area is 95.9 Å². The maximum Gasteiger partial charge on any atom is 0.263 e. The van der Waals surface area contributed by atoms with Gasteiger partial charge in [0.25, 0.3) is 6.43 Å². The fraction of sp³-hybridized carbons (Fsp3) is 0.538. The summed E-state index contributed by atoms with van der Waals surface area (Å²) < 4.78 is 24.6. The third kappa shape index (κ3) is 4.71. The van der Waals surface area contributed by atoms with E-state index < -0.39 is 6.43 Å². The molecule has 0 unspecified atom stereocenters. The van der Waals surface area contributed by atoms with Crippen molar-refractivity contribution < 1.29 is 8.78 Å². The van der Waals surface area contributed by atoms with Crippen LogP contribution in [0.25, 0.3) is 0 Å². The highest BCUT2D eigenvalue weighted by atomic mass is 19.3. The molecule has 3 heteroatoms. The van der Waals surface area contributed by atoms with Crippen LogP contribution in [0.1, 0.15) is 37.3 Å². The first-order chi connectivity index (χ1) is 7.74. The van der Waals surface area contributed by atoms with Crippen LogP contribution in [0.3, 0.4) is 0 Å². The van der Waals surface area contributed by atoms with E-state index >= 15 is 0 Å². The molecule has 16 heavy (non-hydrogen) atoms. The number of rotatable bonds is 7. The average Bonchev–Trinajstić information content (AvgIpc) is 2.29. The summed E-state index contributed by atoms with van der Waals surface area (Å²) in [5.41, 5.74) is 1.25. The van der Waals surface area contributed by atoms with E-state index in [1.54, 1.807) is 12.1 Å². The fourth-order valence-corrected chi connectivity index (χ4v) is 1.59. The molecule has 0 aromatic heterocycles. The lowest BCUT2D eigenvalue weighted by molar-refractivity contribution is 0.151. The molecular formula is C13H19F2N. The van der Waals surface area contributed by atoms with Gasteiger partial charge in [-0.15, -0.1) is 0 Å². The Morgan fingerprint density at radius 1 is 1.12 bits per heavy atom. The number of aryl methyl sites for hydroxylation is 1. The van der Waals surface area contributed by atoms with E-state index in [0.717, 1.165) is 37.9 Å². The smallest absolute Gasteiger partial charge is 0.263 e. The van der Waals surface area contributed by atoms with Crippen LogP contribution in [0.2, 0.25) is 0 Å². The van der Waals surface area contributed by atoms with Crippen LogP contribution in [0, 0.1) is 0 Å². The lowest BCUT2D eigenvalue weighted by Crippen LogP contribution is -2.13. The Hall–Kier alpha value is -0.960. The molecule has 0 aliphatic carbocycles. The molecular weight excluding hydrogens is 208 g/mol. The monoisotopic (exact) mass is 227 g/mol. The maximum atomic E-state index is 12.3. The molecule has 0 aliphatic rings. The summed E-state index contributed by atoms with van der Waals surface area (Å²) in [6, 6.07) is 6.64. The fourth-order valence-electron chi connectivity index (χ4n) is 1.59. The van der Waals surface area contributed by atoms with Gasteiger partial charge in [-0.2, -0.15) is 0 Å². The summed E-state index contributed by atoms with van der Waals surface area (Å²) in [6.07, 6.45) is 0.836. The number of benzene rings is 1. The molecule has 0 saturated heterocycles. The average molecular weight is 227 g/mol. The molecule has 1 aromatic carbocycles. The van der Waals surface area contributed by atoms with Gasteiger partial charge in [-0.1, -0.05) is 31.2 Å². The molecule has 1 aromatic rings. The number of hydrogen-bond donors (Lipinski definition) is 1. The highest BCUT2D eigenvalue weighted by Crippen LogP contribution is 2.19. The number of hydrogen-bond acceptors (Lipinski definition) is 1. The zero-order valence-electron chi connectivity index (χ0n) is 9.68. The van der Waals surface area contributed by atoms with Crippen LogP contribution in [-0.4, -0.2) is 13.1 Å². The SMILES string of the molecule is CCNCCCCc1ccc(C(F)F)cc1. The van der Waals surface area contributed by atoms with E-state index in [4.69, 9.17) is 0 Å². The quantitative estimate of drug-likeness (QED) is 0.702. The van der Waals surface area contributed by atoms with Gasteiger partial charge in [0.2, 0.25) is 0 Å². The first kappa shape index (κ1) is 13.1. The number of alkyl halides is 2. The Morgan fingerprint density at radius 3 is 2.38 bits per heavy atom. The summed E-state index contributed by atoms with van der Waals surface area (Å²) in [7, 11) is 0. The van der Waals surface area contributed by atoms with Crippen molar-refractivity contribution in [1.29, 1.82) is 0 Å². The van der Waals surface area contributed by atoms with E-state index in [2.05, 4.69) is 12.2 Å². The maximum absolute atomic E-state index is 12.3. The molecule has 1 nitrogen and oxygen atoms in total. The van der Waals surface area contributed by atoms with Crippen LogP contribution in [0.5, 0.6) is 0 Å². The summed E-state index contributed by atoms with van der Waals surface area (Å²) in [4.78, 5) is 0. The zero-order valence-corrected chi connectivity index (χ0v) is 9.68. The van der Waals surface area contributed by atoms with E-state index in [9.17, 15) is 8.78 Å². The molecule has 0 bridgehead atoms. The molecule has 0 amide bonds. The first-order valence-corrected chi connectivity index (χ1v) is 5.81. The Morgan fingerprint density at radius 2 is 1.81 bits per heavy atom. The number of halogens is 2. The lowest BCUT2D eigenvalue weighted by atomic mass is 10.1. The Bertz CT molecular complexity index is 282. The molecule has 0 heterocycles. The van der Waals surface area contributed by atoms with Crippen LogP contribution < -0.4 is 5.32 Å². The van der Waals surface area contributed by atoms with Gasteiger partial charge in [-0.05, 0) is 37.9 Å². The minimum atomic E-state index is -2.36. The van der Waals surface area contributed by atoms with E-state index in [-0.39, 0.29) is 5.56 Å². The summed E-state index contributed by atoms with van der Waals surface area (Å²) in [6.45, 7) is 4.12. The number of unbranched alkanes of at least 4 members (excludes halogenated alkanes) is 1. The molecule has 0 saturated carbocycles. The Balaban J connectivity index is 2.27. The minimum absolute atomic E-state index is 0.108. The van der Waals surface area contributed by atoms with Crippen molar-refractivity contribution >= 4 is 0 Å². The second kappa shape index (κ2) is 7.34. The van der Waals surface area contributed by atoms with Crippen LogP contribution in [-0.2, 0) is 6.42 Å². The van der Waals surface area contributed by atoms with E-state index in [0.29, 0.717) is 0 Å². The van der Waals surface area contributed by atoms with Gasteiger partial charge in [0.1, 0.15) is 0 Å². The molecule has 0 radical (unpaired) electrons. The molecule has 0 aliphatic heterocycles. The normalized spacial score (nSPS) is 11.0. The molecule has 0 spiro atoms. The van der Waals surface area contributed by atoms with Gasteiger partial charge in [0, 0.05) is 5.56 Å². The predicted molar refractivity (Wildman–Crippen MR) is 62.9 cm³/mol. The van der Waals surface area contributed by atoms with E-state index in [1.807, 2.05) is 0 Å². The van der Waals surface area contributed by atoms with Crippen molar-refractivity contribution in [2.75, 3.05) is 13.1 Å². The van der Waals surface area contributed by atoms with Crippen molar-refractivity contribution in [3.63, 3.8) is 0 Å². The van der Waals surface area contributed by atoms with Crippen molar-refractivity contribution in [1.82, 2.24) is 5.32 Å². The third-order valence-electron chi connectivity index (χ3n) is 2.55. The summed E-state index contributed by atoms with van der Waals surface area (Å²) in [5, 5.41) is 3.26. The van der Waals surface area contributed by atoms with Crippen molar-refractivity contribution in [2.24, 2.45) is 0 Å². The predicted octanol–water partition coefficient (Wildman–Crippen LogP) is 3.56. The van der Waals surface area contributed by atoms with Crippen LogP contribution in [0.4, 0.5) is 8.78 Å². The second-order valence-corrected chi connectivity index (χ2v) is 3.85. The highest BCUT2D eigenvalue weighted by Gasteiger charge is 2.05.